The van der Waals surface area contributed by atoms with Gasteiger partial charge in [0.15, 0.2) is 5.82 Å². The molecule has 0 radical (unpaired) electrons. The summed E-state index contributed by atoms with van der Waals surface area (Å²) in [6, 6.07) is 12.1. The zero-order chi connectivity index (χ0) is 19.7. The first-order valence-electron chi connectivity index (χ1n) is 8.79. The van der Waals surface area contributed by atoms with Crippen molar-refractivity contribution in [2.75, 3.05) is 5.32 Å². The molecule has 0 fully saturated rings. The Hall–Kier alpha value is -3.48. The van der Waals surface area contributed by atoms with Gasteiger partial charge >= 0.3 is 0 Å². The molecule has 4 aromatic rings. The van der Waals surface area contributed by atoms with E-state index in [0.29, 0.717) is 23.4 Å². The van der Waals surface area contributed by atoms with Gasteiger partial charge in [0.2, 0.25) is 5.91 Å². The maximum absolute atomic E-state index is 13.8. The lowest BCUT2D eigenvalue weighted by molar-refractivity contribution is -0.116. The number of aryl methyl sites for hydroxylation is 2. The predicted octanol–water partition coefficient (Wildman–Crippen LogP) is 4.98. The van der Waals surface area contributed by atoms with Gasteiger partial charge in [0.1, 0.15) is 17.4 Å². The average molecular weight is 381 g/mol. The van der Waals surface area contributed by atoms with Crippen LogP contribution >= 0.6 is 0 Å². The highest BCUT2D eigenvalue weighted by Crippen LogP contribution is 2.32. The highest BCUT2D eigenvalue weighted by Gasteiger charge is 2.16. The molecule has 0 unspecified atom stereocenters. The minimum atomic E-state index is -0.360. The van der Waals surface area contributed by atoms with E-state index >= 15 is 0 Å². The maximum Gasteiger partial charge on any atom is 0.225 e. The molecule has 1 amide bonds. The van der Waals surface area contributed by atoms with E-state index in [-0.39, 0.29) is 24.0 Å². The largest absolute Gasteiger partial charge is 0.360 e. The van der Waals surface area contributed by atoms with Crippen LogP contribution in [-0.2, 0) is 11.2 Å². The summed E-state index contributed by atoms with van der Waals surface area (Å²) in [4.78, 5) is 15.5. The van der Waals surface area contributed by atoms with Crippen LogP contribution in [0.5, 0.6) is 0 Å². The fourth-order valence-corrected chi connectivity index (χ4v) is 3.21. The van der Waals surface area contributed by atoms with Gasteiger partial charge in [0.25, 0.3) is 0 Å². The summed E-state index contributed by atoms with van der Waals surface area (Å²) in [5.74, 6) is 0.0204. The summed E-state index contributed by atoms with van der Waals surface area (Å²) >= 11 is 0. The van der Waals surface area contributed by atoms with Gasteiger partial charge < -0.3 is 14.8 Å². The number of carbonyl (C=O) groups excluding carboxylic acids is 1. The highest BCUT2D eigenvalue weighted by molar-refractivity contribution is 5.93. The predicted molar refractivity (Wildman–Crippen MR) is 102 cm³/mol. The van der Waals surface area contributed by atoms with Crippen molar-refractivity contribution in [3.05, 3.63) is 71.5 Å². The third-order valence-corrected chi connectivity index (χ3v) is 4.50. The van der Waals surface area contributed by atoms with Crippen molar-refractivity contribution in [2.24, 2.45) is 0 Å². The molecule has 7 heteroatoms. The van der Waals surface area contributed by atoms with E-state index in [1.54, 1.807) is 31.2 Å². The second-order valence-electron chi connectivity index (χ2n) is 6.55. The Labute approximate surface area is 159 Å². The van der Waals surface area contributed by atoms with Crippen LogP contribution in [0, 0.1) is 18.6 Å². The molecule has 0 spiro atoms. The number of aromatic nitrogens is 2. The van der Waals surface area contributed by atoms with Gasteiger partial charge in [-0.25, -0.2) is 8.78 Å². The summed E-state index contributed by atoms with van der Waals surface area (Å²) in [6.45, 7) is 1.73. The van der Waals surface area contributed by atoms with Crippen LogP contribution in [0.3, 0.4) is 0 Å². The molecule has 142 valence electrons. The Bertz CT molecular complexity index is 1150. The Balaban J connectivity index is 1.64. The Morgan fingerprint density at radius 3 is 2.57 bits per heavy atom. The number of nitrogens with zero attached hydrogens (tertiary/aromatic N) is 1. The quantitative estimate of drug-likeness (QED) is 0.512. The molecule has 0 atom stereocenters. The van der Waals surface area contributed by atoms with E-state index in [1.807, 2.05) is 0 Å². The molecule has 4 rings (SSSR count). The number of hydrogen-bond donors (Lipinski definition) is 2. The third kappa shape index (κ3) is 3.64. The van der Waals surface area contributed by atoms with Crippen molar-refractivity contribution in [1.29, 1.82) is 0 Å². The van der Waals surface area contributed by atoms with Crippen LogP contribution in [0.2, 0.25) is 0 Å². The fraction of sp³-hybridized carbons (Fsp3) is 0.143. The molecule has 0 aliphatic heterocycles. The number of amides is 1. The number of rotatable bonds is 5. The number of anilines is 1. The monoisotopic (exact) mass is 381 g/mol. The molecule has 0 bridgehead atoms. The Morgan fingerprint density at radius 1 is 1.11 bits per heavy atom. The highest BCUT2D eigenvalue weighted by atomic mass is 19.1. The Morgan fingerprint density at radius 2 is 1.86 bits per heavy atom. The van der Waals surface area contributed by atoms with Crippen LogP contribution in [0.15, 0.2) is 53.1 Å². The van der Waals surface area contributed by atoms with Crippen molar-refractivity contribution in [2.45, 2.75) is 19.8 Å². The zero-order valence-electron chi connectivity index (χ0n) is 15.1. The number of H-pyrrole nitrogens is 1. The normalized spacial score (nSPS) is 11.1. The zero-order valence-corrected chi connectivity index (χ0v) is 15.1. The fourth-order valence-electron chi connectivity index (χ4n) is 3.21. The van der Waals surface area contributed by atoms with E-state index in [0.717, 1.165) is 22.3 Å². The molecule has 0 saturated heterocycles. The molecule has 5 nitrogen and oxygen atoms in total. The lowest BCUT2D eigenvalue weighted by Crippen LogP contribution is -2.12. The van der Waals surface area contributed by atoms with Crippen LogP contribution in [-0.4, -0.2) is 16.0 Å². The number of halogens is 2. The van der Waals surface area contributed by atoms with Gasteiger partial charge in [0, 0.05) is 29.1 Å². The van der Waals surface area contributed by atoms with E-state index in [4.69, 9.17) is 4.52 Å². The van der Waals surface area contributed by atoms with E-state index in [9.17, 15) is 13.6 Å². The first-order valence-corrected chi connectivity index (χ1v) is 8.79. The summed E-state index contributed by atoms with van der Waals surface area (Å²) in [5.41, 5.74) is 3.06. The van der Waals surface area contributed by atoms with Crippen molar-refractivity contribution >= 4 is 22.6 Å². The molecule has 2 aromatic carbocycles. The summed E-state index contributed by atoms with van der Waals surface area (Å²) in [7, 11) is 0. The summed E-state index contributed by atoms with van der Waals surface area (Å²) in [5, 5.41) is 7.11. The smallest absolute Gasteiger partial charge is 0.225 e. The van der Waals surface area contributed by atoms with Crippen LogP contribution in [0.25, 0.3) is 22.2 Å². The lowest BCUT2D eigenvalue weighted by Gasteiger charge is -2.06. The molecule has 0 saturated carbocycles. The van der Waals surface area contributed by atoms with E-state index in [1.165, 1.54) is 24.3 Å². The number of carbonyl (C=O) groups is 1. The van der Waals surface area contributed by atoms with Crippen molar-refractivity contribution in [3.63, 3.8) is 0 Å². The van der Waals surface area contributed by atoms with Crippen molar-refractivity contribution in [3.8, 4) is 11.3 Å². The van der Waals surface area contributed by atoms with Crippen molar-refractivity contribution in [1.82, 2.24) is 10.1 Å². The van der Waals surface area contributed by atoms with Gasteiger partial charge in [-0.2, -0.15) is 0 Å². The maximum atomic E-state index is 13.8. The van der Waals surface area contributed by atoms with Crippen LogP contribution in [0.1, 0.15) is 17.7 Å². The molecule has 28 heavy (non-hydrogen) atoms. The van der Waals surface area contributed by atoms with Crippen LogP contribution in [0.4, 0.5) is 14.6 Å². The molecular formula is C21H17F2N3O2. The van der Waals surface area contributed by atoms with E-state index < -0.39 is 0 Å². The first-order chi connectivity index (χ1) is 13.5. The number of aromatic amines is 1. The van der Waals surface area contributed by atoms with Gasteiger partial charge in [-0.3, -0.25) is 4.79 Å². The molecule has 2 aromatic heterocycles. The number of fused-ring (bicyclic) bond motifs is 1. The molecular weight excluding hydrogens is 364 g/mol. The van der Waals surface area contributed by atoms with E-state index in [2.05, 4.69) is 15.5 Å². The molecule has 0 aliphatic rings. The van der Waals surface area contributed by atoms with Crippen LogP contribution < -0.4 is 5.32 Å². The number of nitrogens with one attached hydrogen (secondary N) is 2. The molecule has 2 N–H and O–H groups in total. The summed E-state index contributed by atoms with van der Waals surface area (Å²) < 4.78 is 32.0. The standard InChI is InChI=1S/C21H17F2N3O2/c1-12-10-19(26-28-12)25-20(27)9-7-16-17-11-15(23)6-8-18(17)24-21(16)13-2-4-14(22)5-3-13/h2-6,8,10-11,24H,7,9H2,1H3,(H,25,26,27). The Kier molecular flexibility index (Phi) is 4.65. The SMILES string of the molecule is Cc1cc(NC(=O)CCc2c(-c3ccc(F)cc3)[nH]c3ccc(F)cc23)no1. The third-order valence-electron chi connectivity index (χ3n) is 4.50. The minimum absolute atomic E-state index is 0.170. The second-order valence-corrected chi connectivity index (χ2v) is 6.55. The van der Waals surface area contributed by atoms with Gasteiger partial charge in [-0.15, -0.1) is 0 Å². The minimum Gasteiger partial charge on any atom is -0.360 e. The van der Waals surface area contributed by atoms with Crippen molar-refractivity contribution < 1.29 is 18.1 Å². The number of hydrogen-bond acceptors (Lipinski definition) is 3. The lowest BCUT2D eigenvalue weighted by atomic mass is 10.0. The molecule has 2 heterocycles. The average Bonchev–Trinajstić information content (AvgIpc) is 3.23. The number of benzene rings is 2. The van der Waals surface area contributed by atoms with Gasteiger partial charge in [-0.1, -0.05) is 5.16 Å². The first kappa shape index (κ1) is 17.9. The summed E-state index contributed by atoms with van der Waals surface area (Å²) in [6.07, 6.45) is 0.544. The molecule has 0 aliphatic carbocycles. The van der Waals surface area contributed by atoms with Gasteiger partial charge in [0.05, 0.1) is 0 Å². The second kappa shape index (κ2) is 7.26. The van der Waals surface area contributed by atoms with Gasteiger partial charge in [-0.05, 0) is 66.9 Å². The topological polar surface area (TPSA) is 70.9 Å².